The van der Waals surface area contributed by atoms with Crippen LogP contribution in [0.25, 0.3) is 11.4 Å². The van der Waals surface area contributed by atoms with Crippen LogP contribution in [0, 0.1) is 0 Å². The van der Waals surface area contributed by atoms with Crippen molar-refractivity contribution in [3.05, 3.63) is 30.2 Å². The number of nitrogens with zero attached hydrogens (tertiary/aromatic N) is 2. The number of hydrogen-bond donors (Lipinski definition) is 1. The molecule has 0 bridgehead atoms. The first-order chi connectivity index (χ1) is 8.83. The van der Waals surface area contributed by atoms with Gasteiger partial charge in [-0.1, -0.05) is 26.8 Å². The number of aromatic amines is 1. The van der Waals surface area contributed by atoms with Gasteiger partial charge in [0.05, 0.1) is 24.7 Å². The van der Waals surface area contributed by atoms with Crippen molar-refractivity contribution in [2.24, 2.45) is 0 Å². The molecule has 4 heteroatoms. The SMILES string of the molecule is CC.CCCc1ncc(-c2cccc(OC)n2)[nH]1. The Kier molecular flexibility index (Phi) is 5.91. The van der Waals surface area contributed by atoms with Gasteiger partial charge < -0.3 is 9.72 Å². The number of H-pyrrole nitrogens is 1. The van der Waals surface area contributed by atoms with Crippen molar-refractivity contribution in [3.8, 4) is 17.3 Å². The average molecular weight is 247 g/mol. The number of hydrogen-bond acceptors (Lipinski definition) is 3. The summed E-state index contributed by atoms with van der Waals surface area (Å²) in [5, 5.41) is 0. The summed E-state index contributed by atoms with van der Waals surface area (Å²) in [6.45, 7) is 6.13. The molecule has 0 atom stereocenters. The molecule has 98 valence electrons. The smallest absolute Gasteiger partial charge is 0.213 e. The van der Waals surface area contributed by atoms with E-state index in [1.807, 2.05) is 38.2 Å². The van der Waals surface area contributed by atoms with Crippen molar-refractivity contribution in [2.75, 3.05) is 7.11 Å². The van der Waals surface area contributed by atoms with Gasteiger partial charge in [0.15, 0.2) is 0 Å². The molecule has 18 heavy (non-hydrogen) atoms. The molecule has 0 saturated heterocycles. The van der Waals surface area contributed by atoms with Gasteiger partial charge in [-0.05, 0) is 12.5 Å². The third-order valence-electron chi connectivity index (χ3n) is 2.32. The topological polar surface area (TPSA) is 50.8 Å². The maximum absolute atomic E-state index is 5.09. The number of ether oxygens (including phenoxy) is 1. The molecule has 2 aromatic rings. The van der Waals surface area contributed by atoms with Gasteiger partial charge in [-0.2, -0.15) is 0 Å². The van der Waals surface area contributed by atoms with Crippen LogP contribution in [0.3, 0.4) is 0 Å². The number of pyridine rings is 1. The summed E-state index contributed by atoms with van der Waals surface area (Å²) in [4.78, 5) is 11.9. The van der Waals surface area contributed by atoms with E-state index >= 15 is 0 Å². The summed E-state index contributed by atoms with van der Waals surface area (Å²) in [7, 11) is 1.61. The lowest BCUT2D eigenvalue weighted by Gasteiger charge is -2.00. The number of nitrogens with one attached hydrogen (secondary N) is 1. The number of methoxy groups -OCH3 is 1. The molecule has 4 nitrogen and oxygen atoms in total. The Morgan fingerprint density at radius 2 is 2.06 bits per heavy atom. The zero-order valence-electron chi connectivity index (χ0n) is 11.5. The average Bonchev–Trinajstić information content (AvgIpc) is 2.90. The number of rotatable bonds is 4. The van der Waals surface area contributed by atoms with Crippen molar-refractivity contribution in [1.82, 2.24) is 15.0 Å². The van der Waals surface area contributed by atoms with Gasteiger partial charge >= 0.3 is 0 Å². The van der Waals surface area contributed by atoms with Gasteiger partial charge in [0, 0.05) is 12.5 Å². The molecule has 0 radical (unpaired) electrons. The Hall–Kier alpha value is -1.84. The van der Waals surface area contributed by atoms with Gasteiger partial charge in [-0.3, -0.25) is 0 Å². The quantitative estimate of drug-likeness (QED) is 0.900. The fraction of sp³-hybridized carbons (Fsp3) is 0.429. The van der Waals surface area contributed by atoms with Crippen LogP contribution in [-0.4, -0.2) is 22.1 Å². The van der Waals surface area contributed by atoms with E-state index in [0.29, 0.717) is 5.88 Å². The van der Waals surface area contributed by atoms with Crippen LogP contribution >= 0.6 is 0 Å². The standard InChI is InChI=1S/C12H15N3O.C2H6/c1-3-5-11-13-8-10(14-11)9-6-4-7-12(15-9)16-2;1-2/h4,6-8H,3,5H2,1-2H3,(H,13,14);1-2H3. The predicted molar refractivity (Wildman–Crippen MR) is 73.7 cm³/mol. The second-order valence-electron chi connectivity index (χ2n) is 3.56. The van der Waals surface area contributed by atoms with Crippen LogP contribution in [0.4, 0.5) is 0 Å². The molecular weight excluding hydrogens is 226 g/mol. The molecule has 1 N–H and O–H groups in total. The molecule has 2 aromatic heterocycles. The molecule has 2 heterocycles. The minimum atomic E-state index is 0.615. The Balaban J connectivity index is 0.000000771. The van der Waals surface area contributed by atoms with E-state index in [1.54, 1.807) is 7.11 Å². The lowest BCUT2D eigenvalue weighted by atomic mass is 10.3. The highest BCUT2D eigenvalue weighted by molar-refractivity contribution is 5.53. The second-order valence-corrected chi connectivity index (χ2v) is 3.56. The zero-order valence-corrected chi connectivity index (χ0v) is 11.5. The van der Waals surface area contributed by atoms with E-state index in [1.165, 1.54) is 0 Å². The monoisotopic (exact) mass is 247 g/mol. The molecule has 0 saturated carbocycles. The van der Waals surface area contributed by atoms with Gasteiger partial charge in [-0.15, -0.1) is 0 Å². The lowest BCUT2D eigenvalue weighted by Crippen LogP contribution is -1.90. The fourth-order valence-electron chi connectivity index (χ4n) is 1.54. The van der Waals surface area contributed by atoms with Crippen molar-refractivity contribution >= 4 is 0 Å². The van der Waals surface area contributed by atoms with Gasteiger partial charge in [-0.25, -0.2) is 9.97 Å². The summed E-state index contributed by atoms with van der Waals surface area (Å²) in [5.74, 6) is 1.62. The summed E-state index contributed by atoms with van der Waals surface area (Å²) < 4.78 is 5.09. The molecule has 0 amide bonds. The van der Waals surface area contributed by atoms with Crippen LogP contribution < -0.4 is 4.74 Å². The van der Waals surface area contributed by atoms with Crippen molar-refractivity contribution in [3.63, 3.8) is 0 Å². The third-order valence-corrected chi connectivity index (χ3v) is 2.32. The molecule has 2 rings (SSSR count). The van der Waals surface area contributed by atoms with Crippen LogP contribution in [0.15, 0.2) is 24.4 Å². The minimum absolute atomic E-state index is 0.615. The highest BCUT2D eigenvalue weighted by atomic mass is 16.5. The minimum Gasteiger partial charge on any atom is -0.481 e. The van der Waals surface area contributed by atoms with E-state index in [2.05, 4.69) is 21.9 Å². The van der Waals surface area contributed by atoms with Gasteiger partial charge in [0.1, 0.15) is 5.82 Å². The van der Waals surface area contributed by atoms with Crippen LogP contribution in [0.5, 0.6) is 5.88 Å². The summed E-state index contributed by atoms with van der Waals surface area (Å²) >= 11 is 0. The van der Waals surface area contributed by atoms with E-state index in [9.17, 15) is 0 Å². The molecular formula is C14H21N3O. The Morgan fingerprint density at radius 3 is 2.72 bits per heavy atom. The maximum Gasteiger partial charge on any atom is 0.213 e. The summed E-state index contributed by atoms with van der Waals surface area (Å²) in [6, 6.07) is 5.68. The Morgan fingerprint density at radius 1 is 1.28 bits per heavy atom. The third kappa shape index (κ3) is 3.58. The second kappa shape index (κ2) is 7.48. The molecule has 0 unspecified atom stereocenters. The van der Waals surface area contributed by atoms with E-state index in [0.717, 1.165) is 30.1 Å². The molecule has 0 aliphatic carbocycles. The normalized spacial score (nSPS) is 9.56. The summed E-state index contributed by atoms with van der Waals surface area (Å²) in [6.07, 6.45) is 3.86. The molecule has 0 fully saturated rings. The van der Waals surface area contributed by atoms with Crippen molar-refractivity contribution < 1.29 is 4.74 Å². The first-order valence-corrected chi connectivity index (χ1v) is 6.38. The van der Waals surface area contributed by atoms with Crippen LogP contribution in [0.1, 0.15) is 33.0 Å². The highest BCUT2D eigenvalue weighted by Gasteiger charge is 2.04. The molecule has 0 aliphatic heterocycles. The van der Waals surface area contributed by atoms with Gasteiger partial charge in [0.25, 0.3) is 0 Å². The molecule has 0 spiro atoms. The van der Waals surface area contributed by atoms with Crippen LogP contribution in [-0.2, 0) is 6.42 Å². The van der Waals surface area contributed by atoms with Crippen molar-refractivity contribution in [2.45, 2.75) is 33.6 Å². The molecule has 0 aliphatic rings. The predicted octanol–water partition coefficient (Wildman–Crippen LogP) is 3.46. The maximum atomic E-state index is 5.09. The summed E-state index contributed by atoms with van der Waals surface area (Å²) in [5.41, 5.74) is 1.79. The number of aromatic nitrogens is 3. The first-order valence-electron chi connectivity index (χ1n) is 6.38. The van der Waals surface area contributed by atoms with E-state index < -0.39 is 0 Å². The Bertz CT molecular complexity index is 466. The van der Waals surface area contributed by atoms with E-state index in [4.69, 9.17) is 4.74 Å². The first kappa shape index (κ1) is 14.2. The van der Waals surface area contributed by atoms with Gasteiger partial charge in [0.2, 0.25) is 5.88 Å². The van der Waals surface area contributed by atoms with Crippen LogP contribution in [0.2, 0.25) is 0 Å². The zero-order chi connectivity index (χ0) is 13.4. The number of aryl methyl sites for hydroxylation is 1. The lowest BCUT2D eigenvalue weighted by molar-refractivity contribution is 0.398. The Labute approximate surface area is 108 Å². The van der Waals surface area contributed by atoms with Crippen molar-refractivity contribution in [1.29, 1.82) is 0 Å². The molecule has 0 aromatic carbocycles. The number of imidazole rings is 1. The largest absolute Gasteiger partial charge is 0.481 e. The van der Waals surface area contributed by atoms with E-state index in [-0.39, 0.29) is 0 Å². The fourth-order valence-corrected chi connectivity index (χ4v) is 1.54. The highest BCUT2D eigenvalue weighted by Crippen LogP contribution is 2.17.